The summed E-state index contributed by atoms with van der Waals surface area (Å²) in [4.78, 5) is 14.6. The van der Waals surface area contributed by atoms with Crippen LogP contribution < -0.4 is 10.2 Å². The van der Waals surface area contributed by atoms with Gasteiger partial charge in [-0.25, -0.2) is 0 Å². The molecule has 0 unspecified atom stereocenters. The van der Waals surface area contributed by atoms with Crippen molar-refractivity contribution < 1.29 is 4.79 Å². The molecule has 1 N–H and O–H groups in total. The maximum atomic E-state index is 12.2. The minimum Gasteiger partial charge on any atom is -0.353 e. The highest BCUT2D eigenvalue weighted by Crippen LogP contribution is 2.41. The second kappa shape index (κ2) is 8.43. The van der Waals surface area contributed by atoms with Gasteiger partial charge in [-0.05, 0) is 44.4 Å². The van der Waals surface area contributed by atoms with Crippen LogP contribution in [0, 0.1) is 5.92 Å². The second-order valence-electron chi connectivity index (χ2n) is 7.42. The molecule has 1 amide bonds. The summed E-state index contributed by atoms with van der Waals surface area (Å²) in [6.45, 7) is 8.66. The monoisotopic (exact) mass is 365 g/mol. The minimum atomic E-state index is 0.0948. The summed E-state index contributed by atoms with van der Waals surface area (Å²) in [6.07, 6.45) is 6.78. The van der Waals surface area contributed by atoms with Crippen molar-refractivity contribution in [3.05, 3.63) is 0 Å². The van der Waals surface area contributed by atoms with E-state index in [4.69, 9.17) is 0 Å². The van der Waals surface area contributed by atoms with Crippen LogP contribution in [-0.4, -0.2) is 45.6 Å². The van der Waals surface area contributed by atoms with Gasteiger partial charge in [-0.1, -0.05) is 32.5 Å². The minimum absolute atomic E-state index is 0.0948. The Morgan fingerprint density at radius 1 is 1.20 bits per heavy atom. The fourth-order valence-corrected chi connectivity index (χ4v) is 4.15. The van der Waals surface area contributed by atoms with Crippen molar-refractivity contribution >= 4 is 23.6 Å². The third-order valence-corrected chi connectivity index (χ3v) is 6.25. The lowest BCUT2D eigenvalue weighted by Gasteiger charge is -2.31. The van der Waals surface area contributed by atoms with E-state index in [9.17, 15) is 4.79 Å². The standard InChI is InChI=1S/C18H31N5OS/c1-4-14(5-2)19-16(24)12-25-18-21-20-17(23(18)15-6-7-15)22-10-8-13(3)9-11-22/h13-15H,4-12H2,1-3H3,(H,19,24). The quantitative estimate of drug-likeness (QED) is 0.717. The maximum absolute atomic E-state index is 12.2. The van der Waals surface area contributed by atoms with Crippen LogP contribution in [0.25, 0.3) is 0 Å². The normalized spacial score (nSPS) is 18.8. The van der Waals surface area contributed by atoms with Crippen LogP contribution in [0.1, 0.15) is 65.3 Å². The number of nitrogens with zero attached hydrogens (tertiary/aromatic N) is 4. The zero-order chi connectivity index (χ0) is 17.8. The molecule has 0 radical (unpaired) electrons. The number of aromatic nitrogens is 3. The summed E-state index contributed by atoms with van der Waals surface area (Å²) in [6, 6.07) is 0.800. The summed E-state index contributed by atoms with van der Waals surface area (Å²) in [7, 11) is 0. The van der Waals surface area contributed by atoms with Gasteiger partial charge in [0.2, 0.25) is 11.9 Å². The molecule has 1 saturated heterocycles. The van der Waals surface area contributed by atoms with E-state index in [-0.39, 0.29) is 11.9 Å². The fourth-order valence-electron chi connectivity index (χ4n) is 3.34. The van der Waals surface area contributed by atoms with Gasteiger partial charge < -0.3 is 10.2 Å². The molecule has 1 aromatic rings. The van der Waals surface area contributed by atoms with Gasteiger partial charge in [0, 0.05) is 25.2 Å². The van der Waals surface area contributed by atoms with Gasteiger partial charge in [0.05, 0.1) is 5.75 Å². The molecule has 0 spiro atoms. The van der Waals surface area contributed by atoms with Crippen molar-refractivity contribution in [1.82, 2.24) is 20.1 Å². The van der Waals surface area contributed by atoms with Gasteiger partial charge in [0.15, 0.2) is 5.16 Å². The lowest BCUT2D eigenvalue weighted by Crippen LogP contribution is -2.35. The SMILES string of the molecule is CCC(CC)NC(=O)CSc1nnc(N2CCC(C)CC2)n1C1CC1. The van der Waals surface area contributed by atoms with Crippen LogP contribution in [0.2, 0.25) is 0 Å². The third kappa shape index (κ3) is 4.68. The van der Waals surface area contributed by atoms with Crippen molar-refractivity contribution in [3.63, 3.8) is 0 Å². The Hall–Kier alpha value is -1.24. The van der Waals surface area contributed by atoms with E-state index in [0.29, 0.717) is 11.8 Å². The molecule has 2 heterocycles. The van der Waals surface area contributed by atoms with Gasteiger partial charge >= 0.3 is 0 Å². The fraction of sp³-hybridized carbons (Fsp3) is 0.833. The van der Waals surface area contributed by atoms with Crippen LogP contribution in [0.4, 0.5) is 5.95 Å². The molecule has 2 aliphatic rings. The Morgan fingerprint density at radius 2 is 1.88 bits per heavy atom. The van der Waals surface area contributed by atoms with Gasteiger partial charge in [-0.2, -0.15) is 0 Å². The van der Waals surface area contributed by atoms with Gasteiger partial charge in [0.25, 0.3) is 0 Å². The third-order valence-electron chi connectivity index (χ3n) is 5.31. The highest BCUT2D eigenvalue weighted by Gasteiger charge is 2.32. The van der Waals surface area contributed by atoms with Gasteiger partial charge in [-0.3, -0.25) is 9.36 Å². The van der Waals surface area contributed by atoms with Crippen molar-refractivity contribution in [2.24, 2.45) is 5.92 Å². The van der Waals surface area contributed by atoms with Crippen LogP contribution in [0.3, 0.4) is 0 Å². The van der Waals surface area contributed by atoms with E-state index in [0.717, 1.165) is 43.0 Å². The number of nitrogens with one attached hydrogen (secondary N) is 1. The predicted molar refractivity (Wildman–Crippen MR) is 102 cm³/mol. The van der Waals surface area contributed by atoms with Gasteiger partial charge in [0.1, 0.15) is 0 Å². The topological polar surface area (TPSA) is 63.1 Å². The molecule has 0 bridgehead atoms. The molecule has 0 aromatic carbocycles. The molecule has 1 aliphatic heterocycles. The predicted octanol–water partition coefficient (Wildman–Crippen LogP) is 3.25. The van der Waals surface area contributed by atoms with Crippen molar-refractivity contribution in [3.8, 4) is 0 Å². The molecule has 1 aromatic heterocycles. The number of amides is 1. The Bertz CT molecular complexity index is 574. The maximum Gasteiger partial charge on any atom is 0.230 e. The molecular formula is C18H31N5OS. The zero-order valence-electron chi connectivity index (χ0n) is 15.7. The lowest BCUT2D eigenvalue weighted by atomic mass is 10.00. The van der Waals surface area contributed by atoms with E-state index in [1.165, 1.54) is 37.4 Å². The number of anilines is 1. The summed E-state index contributed by atoms with van der Waals surface area (Å²) >= 11 is 1.52. The van der Waals surface area contributed by atoms with Crippen LogP contribution in [0.5, 0.6) is 0 Å². The van der Waals surface area contributed by atoms with Crippen molar-refractivity contribution in [1.29, 1.82) is 0 Å². The molecule has 25 heavy (non-hydrogen) atoms. The number of carbonyl (C=O) groups excluding carboxylic acids is 1. The first-order chi connectivity index (χ1) is 12.1. The number of hydrogen-bond acceptors (Lipinski definition) is 5. The summed E-state index contributed by atoms with van der Waals surface area (Å²) < 4.78 is 2.28. The van der Waals surface area contributed by atoms with Crippen LogP contribution in [-0.2, 0) is 4.79 Å². The first-order valence-electron chi connectivity index (χ1n) is 9.74. The molecule has 3 rings (SSSR count). The molecule has 1 aliphatic carbocycles. The molecule has 7 heteroatoms. The molecule has 1 saturated carbocycles. The highest BCUT2D eigenvalue weighted by molar-refractivity contribution is 7.99. The number of carbonyl (C=O) groups is 1. The first-order valence-corrected chi connectivity index (χ1v) is 10.7. The summed E-state index contributed by atoms with van der Waals surface area (Å²) in [5, 5.41) is 12.9. The average Bonchev–Trinajstić information content (AvgIpc) is 3.38. The lowest BCUT2D eigenvalue weighted by molar-refractivity contribution is -0.119. The molecule has 6 nitrogen and oxygen atoms in total. The van der Waals surface area contributed by atoms with E-state index < -0.39 is 0 Å². The zero-order valence-corrected chi connectivity index (χ0v) is 16.5. The Balaban J connectivity index is 1.63. The summed E-state index contributed by atoms with van der Waals surface area (Å²) in [5.41, 5.74) is 0. The molecule has 2 fully saturated rings. The van der Waals surface area contributed by atoms with E-state index in [2.05, 4.69) is 45.8 Å². The smallest absolute Gasteiger partial charge is 0.230 e. The van der Waals surface area contributed by atoms with E-state index >= 15 is 0 Å². The molecule has 0 atom stereocenters. The van der Waals surface area contributed by atoms with Crippen LogP contribution >= 0.6 is 11.8 Å². The Kier molecular flexibility index (Phi) is 6.25. The Morgan fingerprint density at radius 3 is 2.48 bits per heavy atom. The van der Waals surface area contributed by atoms with Gasteiger partial charge in [-0.15, -0.1) is 10.2 Å². The first kappa shape index (κ1) is 18.5. The van der Waals surface area contributed by atoms with E-state index in [1.807, 2.05) is 0 Å². The van der Waals surface area contributed by atoms with Crippen LogP contribution in [0.15, 0.2) is 5.16 Å². The molecular weight excluding hydrogens is 334 g/mol. The average molecular weight is 366 g/mol. The number of hydrogen-bond donors (Lipinski definition) is 1. The van der Waals surface area contributed by atoms with Crippen molar-refractivity contribution in [2.45, 2.75) is 76.5 Å². The number of piperidine rings is 1. The largest absolute Gasteiger partial charge is 0.353 e. The number of thioether (sulfide) groups is 1. The number of rotatable bonds is 8. The van der Waals surface area contributed by atoms with Crippen molar-refractivity contribution in [2.75, 3.05) is 23.7 Å². The van der Waals surface area contributed by atoms with E-state index in [1.54, 1.807) is 0 Å². The highest BCUT2D eigenvalue weighted by atomic mass is 32.2. The molecule has 140 valence electrons. The Labute approximate surface area is 155 Å². The summed E-state index contributed by atoms with van der Waals surface area (Å²) in [5.74, 6) is 2.32. The second-order valence-corrected chi connectivity index (χ2v) is 8.37.